The van der Waals surface area contributed by atoms with Crippen molar-refractivity contribution in [2.45, 2.75) is 37.8 Å². The van der Waals surface area contributed by atoms with Crippen LogP contribution in [0.2, 0.25) is 0 Å². The minimum atomic E-state index is -0.215. The molecule has 0 bridgehead atoms. The molecule has 1 amide bonds. The van der Waals surface area contributed by atoms with Crippen molar-refractivity contribution in [2.75, 3.05) is 18.4 Å². The second kappa shape index (κ2) is 6.75. The number of anilines is 1. The Bertz CT molecular complexity index is 740. The highest BCUT2D eigenvalue weighted by molar-refractivity contribution is 5.68. The number of amides is 1. The lowest BCUT2D eigenvalue weighted by Crippen LogP contribution is -2.52. The summed E-state index contributed by atoms with van der Waals surface area (Å²) in [6.07, 6.45) is 5.63. The molecule has 25 heavy (non-hydrogen) atoms. The van der Waals surface area contributed by atoms with Gasteiger partial charge in [-0.1, -0.05) is 36.4 Å². The first-order valence-corrected chi connectivity index (χ1v) is 8.92. The zero-order chi connectivity index (χ0) is 17.1. The van der Waals surface area contributed by atoms with Crippen molar-refractivity contribution in [3.63, 3.8) is 0 Å². The molecule has 2 aliphatic rings. The maximum Gasteiger partial charge on any atom is 0.410 e. The Balaban J connectivity index is 1.32. The van der Waals surface area contributed by atoms with E-state index in [1.165, 1.54) is 5.56 Å². The van der Waals surface area contributed by atoms with Crippen LogP contribution in [0.15, 0.2) is 48.7 Å². The molecule has 2 aromatic rings. The van der Waals surface area contributed by atoms with Crippen molar-refractivity contribution in [3.8, 4) is 0 Å². The number of fused-ring (bicyclic) bond motifs is 1. The van der Waals surface area contributed by atoms with Crippen molar-refractivity contribution in [3.05, 3.63) is 59.8 Å². The number of piperidine rings is 1. The zero-order valence-electron chi connectivity index (χ0n) is 14.3. The SMILES string of the molecule is O=C(OCc1ccccc1)N1CCC2(CCc3cccnc3N2)CC1. The van der Waals surface area contributed by atoms with E-state index in [-0.39, 0.29) is 11.6 Å². The third kappa shape index (κ3) is 3.45. The van der Waals surface area contributed by atoms with E-state index >= 15 is 0 Å². The molecule has 0 aliphatic carbocycles. The molecule has 1 aromatic heterocycles. The van der Waals surface area contributed by atoms with Gasteiger partial charge in [-0.15, -0.1) is 0 Å². The monoisotopic (exact) mass is 337 g/mol. The molecule has 130 valence electrons. The van der Waals surface area contributed by atoms with E-state index in [0.29, 0.717) is 6.61 Å². The van der Waals surface area contributed by atoms with Gasteiger partial charge in [0.2, 0.25) is 0 Å². The molecule has 5 nitrogen and oxygen atoms in total. The average molecular weight is 337 g/mol. The number of hydrogen-bond acceptors (Lipinski definition) is 4. The van der Waals surface area contributed by atoms with E-state index in [2.05, 4.69) is 16.4 Å². The average Bonchev–Trinajstić information content (AvgIpc) is 2.67. The van der Waals surface area contributed by atoms with E-state index in [1.807, 2.05) is 47.5 Å². The molecule has 1 aromatic carbocycles. The van der Waals surface area contributed by atoms with Gasteiger partial charge >= 0.3 is 6.09 Å². The summed E-state index contributed by atoms with van der Waals surface area (Å²) in [5, 5.41) is 3.64. The topological polar surface area (TPSA) is 54.5 Å². The van der Waals surface area contributed by atoms with Crippen molar-refractivity contribution < 1.29 is 9.53 Å². The number of carbonyl (C=O) groups excluding carboxylic acids is 1. The Kier molecular flexibility index (Phi) is 4.30. The predicted octanol–water partition coefficient (Wildman–Crippen LogP) is 3.61. The first-order chi connectivity index (χ1) is 12.2. The third-order valence-electron chi connectivity index (χ3n) is 5.33. The number of nitrogens with zero attached hydrogens (tertiary/aromatic N) is 2. The Morgan fingerprint density at radius 2 is 1.92 bits per heavy atom. The fourth-order valence-corrected chi connectivity index (χ4v) is 3.74. The minimum absolute atomic E-state index is 0.0670. The van der Waals surface area contributed by atoms with Crippen LogP contribution < -0.4 is 5.32 Å². The Morgan fingerprint density at radius 3 is 2.72 bits per heavy atom. The van der Waals surface area contributed by atoms with Gasteiger partial charge in [-0.25, -0.2) is 9.78 Å². The molecule has 1 saturated heterocycles. The predicted molar refractivity (Wildman–Crippen MR) is 96.3 cm³/mol. The number of likely N-dealkylation sites (tertiary alicyclic amines) is 1. The maximum atomic E-state index is 12.3. The first-order valence-electron chi connectivity index (χ1n) is 8.92. The highest BCUT2D eigenvalue weighted by Crippen LogP contribution is 2.36. The normalized spacial score (nSPS) is 18.3. The fourth-order valence-electron chi connectivity index (χ4n) is 3.74. The van der Waals surface area contributed by atoms with Crippen LogP contribution in [0.3, 0.4) is 0 Å². The molecule has 1 fully saturated rings. The number of rotatable bonds is 2. The number of pyridine rings is 1. The van der Waals surface area contributed by atoms with Gasteiger partial charge < -0.3 is 15.0 Å². The lowest BCUT2D eigenvalue weighted by Gasteiger charge is -2.45. The van der Waals surface area contributed by atoms with Crippen LogP contribution in [0.5, 0.6) is 0 Å². The summed E-state index contributed by atoms with van der Waals surface area (Å²) >= 11 is 0. The summed E-state index contributed by atoms with van der Waals surface area (Å²) in [6.45, 7) is 1.78. The number of hydrogen-bond donors (Lipinski definition) is 1. The fraction of sp³-hybridized carbons (Fsp3) is 0.400. The number of ether oxygens (including phenoxy) is 1. The lowest BCUT2D eigenvalue weighted by molar-refractivity contribution is 0.0791. The number of aryl methyl sites for hydroxylation is 1. The van der Waals surface area contributed by atoms with Crippen molar-refractivity contribution in [2.24, 2.45) is 0 Å². The number of carbonyl (C=O) groups is 1. The van der Waals surface area contributed by atoms with Gasteiger partial charge in [0.15, 0.2) is 0 Å². The highest BCUT2D eigenvalue weighted by atomic mass is 16.6. The van der Waals surface area contributed by atoms with Gasteiger partial charge in [-0.05, 0) is 42.9 Å². The first kappa shape index (κ1) is 15.9. The number of benzene rings is 1. The van der Waals surface area contributed by atoms with Crippen LogP contribution in [-0.4, -0.2) is 34.6 Å². The van der Waals surface area contributed by atoms with E-state index in [0.717, 1.165) is 50.2 Å². The van der Waals surface area contributed by atoms with E-state index in [4.69, 9.17) is 4.74 Å². The zero-order valence-corrected chi connectivity index (χ0v) is 14.3. The maximum absolute atomic E-state index is 12.3. The van der Waals surface area contributed by atoms with Gasteiger partial charge in [-0.3, -0.25) is 0 Å². The molecule has 4 rings (SSSR count). The third-order valence-corrected chi connectivity index (χ3v) is 5.33. The Labute approximate surface area is 148 Å². The smallest absolute Gasteiger partial charge is 0.410 e. The van der Waals surface area contributed by atoms with E-state index in [1.54, 1.807) is 0 Å². The summed E-state index contributed by atoms with van der Waals surface area (Å²) in [4.78, 5) is 18.6. The standard InChI is InChI=1S/C20H23N3O2/c24-19(25-15-16-5-2-1-3-6-16)23-13-10-20(11-14-23)9-8-17-7-4-12-21-18(17)22-20/h1-7,12H,8-11,13-15H2,(H,21,22). The van der Waals surface area contributed by atoms with Crippen LogP contribution in [0, 0.1) is 0 Å². The van der Waals surface area contributed by atoms with Crippen LogP contribution in [0.1, 0.15) is 30.4 Å². The van der Waals surface area contributed by atoms with E-state index < -0.39 is 0 Å². The molecule has 0 radical (unpaired) electrons. The van der Waals surface area contributed by atoms with Gasteiger partial charge in [0.1, 0.15) is 12.4 Å². The van der Waals surface area contributed by atoms with Crippen molar-refractivity contribution in [1.29, 1.82) is 0 Å². The van der Waals surface area contributed by atoms with Gasteiger partial charge in [-0.2, -0.15) is 0 Å². The Hall–Kier alpha value is -2.56. The van der Waals surface area contributed by atoms with Gasteiger partial charge in [0.25, 0.3) is 0 Å². The molecule has 0 atom stereocenters. The number of nitrogens with one attached hydrogen (secondary N) is 1. The Morgan fingerprint density at radius 1 is 1.12 bits per heavy atom. The molecule has 5 heteroatoms. The van der Waals surface area contributed by atoms with Crippen LogP contribution in [-0.2, 0) is 17.8 Å². The molecule has 1 spiro atoms. The second-order valence-corrected chi connectivity index (χ2v) is 6.94. The van der Waals surface area contributed by atoms with Gasteiger partial charge in [0, 0.05) is 24.8 Å². The minimum Gasteiger partial charge on any atom is -0.445 e. The summed E-state index contributed by atoms with van der Waals surface area (Å²) in [5.74, 6) is 1.01. The number of aromatic nitrogens is 1. The van der Waals surface area contributed by atoms with Crippen LogP contribution >= 0.6 is 0 Å². The molecule has 0 unspecified atom stereocenters. The summed E-state index contributed by atoms with van der Waals surface area (Å²) in [5.41, 5.74) is 2.37. The van der Waals surface area contributed by atoms with Crippen LogP contribution in [0.4, 0.5) is 10.6 Å². The lowest BCUT2D eigenvalue weighted by atomic mass is 9.80. The largest absolute Gasteiger partial charge is 0.445 e. The van der Waals surface area contributed by atoms with E-state index in [9.17, 15) is 4.79 Å². The summed E-state index contributed by atoms with van der Waals surface area (Å²) in [7, 11) is 0. The van der Waals surface area contributed by atoms with Crippen molar-refractivity contribution >= 4 is 11.9 Å². The highest BCUT2D eigenvalue weighted by Gasteiger charge is 2.38. The quantitative estimate of drug-likeness (QED) is 0.909. The summed E-state index contributed by atoms with van der Waals surface area (Å²) in [6, 6.07) is 13.9. The molecule has 1 N–H and O–H groups in total. The molecular weight excluding hydrogens is 314 g/mol. The van der Waals surface area contributed by atoms with Gasteiger partial charge in [0.05, 0.1) is 0 Å². The molecule has 0 saturated carbocycles. The molecule has 2 aliphatic heterocycles. The molecular formula is C20H23N3O2. The molecule has 3 heterocycles. The second-order valence-electron chi connectivity index (χ2n) is 6.94. The van der Waals surface area contributed by atoms with Crippen molar-refractivity contribution in [1.82, 2.24) is 9.88 Å². The summed E-state index contributed by atoms with van der Waals surface area (Å²) < 4.78 is 5.45. The van der Waals surface area contributed by atoms with Crippen LogP contribution in [0.25, 0.3) is 0 Å².